The molecule has 0 N–H and O–H groups in total. The molecule has 0 unspecified atom stereocenters. The summed E-state index contributed by atoms with van der Waals surface area (Å²) in [6, 6.07) is 10.9. The average molecular weight is 368 g/mol. The third kappa shape index (κ3) is 2.88. The molecule has 2 aromatic carbocycles. The molecular weight excluding hydrogens is 352 g/mol. The predicted molar refractivity (Wildman–Crippen MR) is 99.8 cm³/mol. The largest absolute Gasteiger partial charge is 0.334 e. The van der Waals surface area contributed by atoms with Crippen LogP contribution in [0.25, 0.3) is 0 Å². The van der Waals surface area contributed by atoms with Crippen molar-refractivity contribution < 1.29 is 14.6 Å². The molecule has 1 heterocycles. The molecule has 2 amide bonds. The molecule has 3 rings (SSSR count). The van der Waals surface area contributed by atoms with Gasteiger partial charge in [-0.1, -0.05) is 6.58 Å². The van der Waals surface area contributed by atoms with Crippen molar-refractivity contribution in [3.05, 3.63) is 81.0 Å². The van der Waals surface area contributed by atoms with Crippen molar-refractivity contribution in [2.45, 2.75) is 19.4 Å². The van der Waals surface area contributed by atoms with E-state index in [0.717, 1.165) is 0 Å². The van der Waals surface area contributed by atoms with Crippen LogP contribution in [0.2, 0.25) is 0 Å². The van der Waals surface area contributed by atoms with E-state index in [2.05, 4.69) is 6.58 Å². The van der Waals surface area contributed by atoms with E-state index in [1.54, 1.807) is 13.8 Å². The summed E-state index contributed by atoms with van der Waals surface area (Å²) in [5.41, 5.74) is 0.473. The standard InChI is InChI=1S/C18H16N4O5/c1-12-18(2,3)20(14-6-10-16(11-7-14)22(26)27)17(23)19(12)13-4-8-15(9-5-13)21(24)25/h4-11H,1H2,2-3H3. The maximum atomic E-state index is 13.1. The highest BCUT2D eigenvalue weighted by atomic mass is 16.6. The number of hydrogen-bond acceptors (Lipinski definition) is 5. The van der Waals surface area contributed by atoms with Gasteiger partial charge in [-0.05, 0) is 38.1 Å². The zero-order chi connectivity index (χ0) is 19.9. The number of non-ortho nitro benzene ring substituents is 2. The Morgan fingerprint density at radius 1 is 0.852 bits per heavy atom. The van der Waals surface area contributed by atoms with Crippen LogP contribution in [0.1, 0.15) is 13.8 Å². The lowest BCUT2D eigenvalue weighted by atomic mass is 10.00. The molecular formula is C18H16N4O5. The summed E-state index contributed by atoms with van der Waals surface area (Å²) in [6.45, 7) is 7.63. The second kappa shape index (κ2) is 6.20. The highest BCUT2D eigenvalue weighted by Crippen LogP contribution is 2.41. The Labute approximate surface area is 154 Å². The molecule has 9 heteroatoms. The van der Waals surface area contributed by atoms with Crippen LogP contribution in [0.4, 0.5) is 27.5 Å². The molecule has 0 bridgehead atoms. The van der Waals surface area contributed by atoms with Crippen LogP contribution >= 0.6 is 0 Å². The number of nitro benzene ring substituents is 2. The van der Waals surface area contributed by atoms with Gasteiger partial charge in [-0.3, -0.25) is 30.0 Å². The third-order valence-corrected chi connectivity index (χ3v) is 4.56. The molecule has 0 aromatic heterocycles. The molecule has 1 aliphatic rings. The Hall–Kier alpha value is -3.75. The van der Waals surface area contributed by atoms with Crippen molar-refractivity contribution in [2.75, 3.05) is 9.80 Å². The molecule has 1 saturated heterocycles. The number of benzene rings is 2. The summed E-state index contributed by atoms with van der Waals surface area (Å²) in [5.74, 6) is 0. The van der Waals surface area contributed by atoms with Gasteiger partial charge in [0.2, 0.25) is 0 Å². The lowest BCUT2D eigenvalue weighted by Gasteiger charge is -2.30. The summed E-state index contributed by atoms with van der Waals surface area (Å²) >= 11 is 0. The van der Waals surface area contributed by atoms with Gasteiger partial charge in [-0.25, -0.2) is 4.79 Å². The second-order valence-electron chi connectivity index (χ2n) is 6.51. The Morgan fingerprint density at radius 2 is 1.26 bits per heavy atom. The van der Waals surface area contributed by atoms with E-state index in [1.165, 1.54) is 58.3 Å². The van der Waals surface area contributed by atoms with E-state index >= 15 is 0 Å². The number of nitro groups is 2. The van der Waals surface area contributed by atoms with Crippen molar-refractivity contribution in [2.24, 2.45) is 0 Å². The van der Waals surface area contributed by atoms with Crippen LogP contribution < -0.4 is 9.80 Å². The molecule has 138 valence electrons. The van der Waals surface area contributed by atoms with Gasteiger partial charge in [0.1, 0.15) is 0 Å². The Morgan fingerprint density at radius 3 is 1.67 bits per heavy atom. The fourth-order valence-corrected chi connectivity index (χ4v) is 3.00. The SMILES string of the molecule is C=C1N(c2ccc([N+](=O)[O-])cc2)C(=O)N(c2ccc([N+](=O)[O-])cc2)C1(C)C. The maximum Gasteiger partial charge on any atom is 0.334 e. The first kappa shape index (κ1) is 18.1. The van der Waals surface area contributed by atoms with Gasteiger partial charge in [-0.2, -0.15) is 0 Å². The number of hydrogen-bond donors (Lipinski definition) is 0. The molecule has 1 fully saturated rings. The second-order valence-corrected chi connectivity index (χ2v) is 6.51. The minimum Gasteiger partial charge on any atom is -0.283 e. The van der Waals surface area contributed by atoms with Crippen molar-refractivity contribution >= 4 is 28.8 Å². The summed E-state index contributed by atoms with van der Waals surface area (Å²) in [4.78, 5) is 36.6. The average Bonchev–Trinajstić information content (AvgIpc) is 2.80. The normalized spacial score (nSPS) is 15.9. The van der Waals surface area contributed by atoms with Gasteiger partial charge in [0.25, 0.3) is 11.4 Å². The van der Waals surface area contributed by atoms with Crippen LogP contribution in [0.15, 0.2) is 60.8 Å². The number of urea groups is 1. The Bertz CT molecular complexity index is 951. The summed E-state index contributed by atoms with van der Waals surface area (Å²) < 4.78 is 0. The first-order valence-electron chi connectivity index (χ1n) is 7.97. The highest BCUT2D eigenvalue weighted by Gasteiger charge is 2.48. The first-order chi connectivity index (χ1) is 12.6. The number of anilines is 2. The Kier molecular flexibility index (Phi) is 4.15. The first-order valence-corrected chi connectivity index (χ1v) is 7.97. The van der Waals surface area contributed by atoms with E-state index in [0.29, 0.717) is 17.1 Å². The lowest BCUT2D eigenvalue weighted by Crippen LogP contribution is -2.41. The quantitative estimate of drug-likeness (QED) is 0.592. The molecule has 0 radical (unpaired) electrons. The molecule has 1 aliphatic heterocycles. The molecule has 27 heavy (non-hydrogen) atoms. The number of amides is 2. The van der Waals surface area contributed by atoms with Crippen molar-refractivity contribution in [1.29, 1.82) is 0 Å². The fourth-order valence-electron chi connectivity index (χ4n) is 3.00. The molecule has 9 nitrogen and oxygen atoms in total. The van der Waals surface area contributed by atoms with Crippen LogP contribution in [0.5, 0.6) is 0 Å². The Balaban J connectivity index is 2.00. The summed E-state index contributed by atoms with van der Waals surface area (Å²) in [7, 11) is 0. The number of nitrogens with zero attached hydrogens (tertiary/aromatic N) is 4. The zero-order valence-electron chi connectivity index (χ0n) is 14.7. The minimum absolute atomic E-state index is 0.0748. The van der Waals surface area contributed by atoms with Crippen LogP contribution in [0.3, 0.4) is 0 Å². The predicted octanol–water partition coefficient (Wildman–Crippen LogP) is 4.24. The van der Waals surface area contributed by atoms with E-state index < -0.39 is 21.4 Å². The zero-order valence-corrected chi connectivity index (χ0v) is 14.7. The molecule has 0 aliphatic carbocycles. The maximum absolute atomic E-state index is 13.1. The van der Waals surface area contributed by atoms with Crippen molar-refractivity contribution in [3.8, 4) is 0 Å². The minimum atomic E-state index is -0.797. The monoisotopic (exact) mass is 368 g/mol. The summed E-state index contributed by atoms with van der Waals surface area (Å²) in [6.07, 6.45) is 0. The van der Waals surface area contributed by atoms with Crippen molar-refractivity contribution in [3.63, 3.8) is 0 Å². The van der Waals surface area contributed by atoms with Crippen LogP contribution in [-0.2, 0) is 0 Å². The van der Waals surface area contributed by atoms with Gasteiger partial charge >= 0.3 is 6.03 Å². The summed E-state index contributed by atoms with van der Waals surface area (Å²) in [5, 5.41) is 21.7. The van der Waals surface area contributed by atoms with E-state index in [-0.39, 0.29) is 11.4 Å². The van der Waals surface area contributed by atoms with E-state index in [4.69, 9.17) is 0 Å². The number of carbonyl (C=O) groups is 1. The molecule has 0 spiro atoms. The van der Waals surface area contributed by atoms with Crippen LogP contribution in [-0.4, -0.2) is 21.4 Å². The third-order valence-electron chi connectivity index (χ3n) is 4.56. The van der Waals surface area contributed by atoms with Gasteiger partial charge in [0.15, 0.2) is 0 Å². The molecule has 0 atom stereocenters. The smallest absolute Gasteiger partial charge is 0.283 e. The number of carbonyl (C=O) groups excluding carboxylic acids is 1. The van der Waals surface area contributed by atoms with Gasteiger partial charge < -0.3 is 0 Å². The van der Waals surface area contributed by atoms with Crippen LogP contribution in [0, 0.1) is 20.2 Å². The van der Waals surface area contributed by atoms with E-state index in [9.17, 15) is 25.0 Å². The number of rotatable bonds is 4. The van der Waals surface area contributed by atoms with Gasteiger partial charge in [-0.15, -0.1) is 0 Å². The van der Waals surface area contributed by atoms with Gasteiger partial charge in [0.05, 0.1) is 21.1 Å². The van der Waals surface area contributed by atoms with Gasteiger partial charge in [0, 0.05) is 35.6 Å². The molecule has 0 saturated carbocycles. The van der Waals surface area contributed by atoms with Crippen molar-refractivity contribution in [1.82, 2.24) is 0 Å². The van der Waals surface area contributed by atoms with E-state index in [1.807, 2.05) is 0 Å². The lowest BCUT2D eigenvalue weighted by molar-refractivity contribution is -0.385. The molecule has 2 aromatic rings. The topological polar surface area (TPSA) is 110 Å². The highest BCUT2D eigenvalue weighted by molar-refractivity contribution is 6.11. The fraction of sp³-hybridized carbons (Fsp3) is 0.167.